The van der Waals surface area contributed by atoms with Gasteiger partial charge in [0, 0.05) is 35.5 Å². The second-order valence-electron chi connectivity index (χ2n) is 5.24. The molecule has 0 radical (unpaired) electrons. The number of hydrogen-bond acceptors (Lipinski definition) is 4. The summed E-state index contributed by atoms with van der Waals surface area (Å²) < 4.78 is 6.82. The van der Waals surface area contributed by atoms with Crippen LogP contribution in [0.5, 0.6) is 0 Å². The number of nitrogens with one attached hydrogen (secondary N) is 1. The lowest BCUT2D eigenvalue weighted by molar-refractivity contribution is 0.0691. The molecule has 0 fully saturated rings. The Balaban J connectivity index is 2.02. The maximum atomic E-state index is 12.1. The van der Waals surface area contributed by atoms with Gasteiger partial charge >= 0.3 is 0 Å². The predicted molar refractivity (Wildman–Crippen MR) is 82.9 cm³/mol. The Bertz CT molecular complexity index is 881. The van der Waals surface area contributed by atoms with Crippen molar-refractivity contribution in [2.75, 3.05) is 6.61 Å². The zero-order valence-corrected chi connectivity index (χ0v) is 12.4. The maximum absolute atomic E-state index is 12.1. The van der Waals surface area contributed by atoms with Gasteiger partial charge in [-0.05, 0) is 35.6 Å². The van der Waals surface area contributed by atoms with Crippen molar-refractivity contribution in [1.82, 2.24) is 9.97 Å². The van der Waals surface area contributed by atoms with Gasteiger partial charge in [-0.2, -0.15) is 0 Å². The van der Waals surface area contributed by atoms with Crippen molar-refractivity contribution >= 4 is 21.4 Å². The fourth-order valence-electron chi connectivity index (χ4n) is 3.00. The molecule has 4 heterocycles. The topological polar surface area (TPSA) is 55.0 Å². The molecule has 1 aliphatic heterocycles. The Kier molecular flexibility index (Phi) is 2.90. The SMILES string of the molecule is Cc1cnccc1C1OCCc2[nH]c(=O)c3sccc3c21. The predicted octanol–water partition coefficient (Wildman–Crippen LogP) is 2.96. The second-order valence-corrected chi connectivity index (χ2v) is 6.16. The van der Waals surface area contributed by atoms with Crippen molar-refractivity contribution < 1.29 is 4.74 Å². The number of aryl methyl sites for hydroxylation is 1. The van der Waals surface area contributed by atoms with Gasteiger partial charge in [-0.25, -0.2) is 0 Å². The third-order valence-electron chi connectivity index (χ3n) is 4.00. The minimum atomic E-state index is -0.134. The third kappa shape index (κ3) is 1.92. The lowest BCUT2D eigenvalue weighted by Gasteiger charge is -2.27. The lowest BCUT2D eigenvalue weighted by atomic mass is 9.92. The normalized spacial score (nSPS) is 17.9. The number of rotatable bonds is 1. The molecule has 0 amide bonds. The summed E-state index contributed by atoms with van der Waals surface area (Å²) in [5.74, 6) is 0. The highest BCUT2D eigenvalue weighted by Crippen LogP contribution is 2.37. The number of nitrogens with zero attached hydrogens (tertiary/aromatic N) is 1. The maximum Gasteiger partial charge on any atom is 0.266 e. The monoisotopic (exact) mass is 298 g/mol. The van der Waals surface area contributed by atoms with Crippen LogP contribution in [0.4, 0.5) is 0 Å². The van der Waals surface area contributed by atoms with Gasteiger partial charge in [0.2, 0.25) is 0 Å². The van der Waals surface area contributed by atoms with Gasteiger partial charge in [0.1, 0.15) is 6.10 Å². The highest BCUT2D eigenvalue weighted by Gasteiger charge is 2.27. The van der Waals surface area contributed by atoms with E-state index < -0.39 is 0 Å². The molecule has 1 atom stereocenters. The molecule has 1 N–H and O–H groups in total. The summed E-state index contributed by atoms with van der Waals surface area (Å²) in [7, 11) is 0. The fraction of sp³-hybridized carbons (Fsp3) is 0.250. The Morgan fingerprint density at radius 1 is 1.43 bits per heavy atom. The molecule has 0 bridgehead atoms. The minimum Gasteiger partial charge on any atom is -0.368 e. The van der Waals surface area contributed by atoms with Crippen molar-refractivity contribution in [3.05, 3.63) is 62.6 Å². The van der Waals surface area contributed by atoms with E-state index in [0.29, 0.717) is 6.61 Å². The largest absolute Gasteiger partial charge is 0.368 e. The number of H-pyrrole nitrogens is 1. The Morgan fingerprint density at radius 3 is 3.19 bits per heavy atom. The molecular formula is C16H14N2O2S. The van der Waals surface area contributed by atoms with Crippen molar-refractivity contribution in [2.24, 2.45) is 0 Å². The number of hydrogen-bond donors (Lipinski definition) is 1. The number of aromatic nitrogens is 2. The van der Waals surface area contributed by atoms with Crippen LogP contribution in [0.2, 0.25) is 0 Å². The van der Waals surface area contributed by atoms with Gasteiger partial charge in [-0.1, -0.05) is 0 Å². The van der Waals surface area contributed by atoms with E-state index in [1.54, 1.807) is 6.20 Å². The first-order chi connectivity index (χ1) is 10.3. The van der Waals surface area contributed by atoms with Crippen LogP contribution in [-0.2, 0) is 11.2 Å². The van der Waals surface area contributed by atoms with Crippen molar-refractivity contribution in [3.8, 4) is 0 Å². The van der Waals surface area contributed by atoms with Crippen LogP contribution in [0.25, 0.3) is 10.1 Å². The van der Waals surface area contributed by atoms with E-state index >= 15 is 0 Å². The van der Waals surface area contributed by atoms with E-state index in [4.69, 9.17) is 4.74 Å². The number of aromatic amines is 1. The summed E-state index contributed by atoms with van der Waals surface area (Å²) in [5.41, 5.74) is 4.33. The van der Waals surface area contributed by atoms with Crippen LogP contribution in [0.1, 0.15) is 28.5 Å². The van der Waals surface area contributed by atoms with Crippen LogP contribution in [0.3, 0.4) is 0 Å². The number of fused-ring (bicyclic) bond motifs is 3. The molecule has 3 aromatic heterocycles. The van der Waals surface area contributed by atoms with Crippen molar-refractivity contribution in [3.63, 3.8) is 0 Å². The summed E-state index contributed by atoms with van der Waals surface area (Å²) in [6.45, 7) is 2.65. The van der Waals surface area contributed by atoms with Gasteiger partial charge < -0.3 is 9.72 Å². The fourth-order valence-corrected chi connectivity index (χ4v) is 3.81. The Labute approximate surface area is 125 Å². The molecule has 0 saturated heterocycles. The summed E-state index contributed by atoms with van der Waals surface area (Å²) in [6.07, 6.45) is 4.25. The van der Waals surface area contributed by atoms with E-state index in [-0.39, 0.29) is 11.7 Å². The van der Waals surface area contributed by atoms with Crippen molar-refractivity contribution in [1.29, 1.82) is 0 Å². The van der Waals surface area contributed by atoms with Crippen molar-refractivity contribution in [2.45, 2.75) is 19.4 Å². The van der Waals surface area contributed by atoms with E-state index in [9.17, 15) is 4.79 Å². The first-order valence-corrected chi connectivity index (χ1v) is 7.78. The van der Waals surface area contributed by atoms with Crippen LogP contribution in [-0.4, -0.2) is 16.6 Å². The summed E-state index contributed by atoms with van der Waals surface area (Å²) in [5, 5.41) is 2.98. The molecule has 106 valence electrons. The van der Waals surface area contributed by atoms with Gasteiger partial charge in [-0.3, -0.25) is 9.78 Å². The van der Waals surface area contributed by atoms with Crippen LogP contribution in [0, 0.1) is 6.92 Å². The molecule has 21 heavy (non-hydrogen) atoms. The molecule has 0 saturated carbocycles. The van der Waals surface area contributed by atoms with Crippen LogP contribution in [0.15, 0.2) is 34.7 Å². The summed E-state index contributed by atoms with van der Waals surface area (Å²) >= 11 is 1.48. The van der Waals surface area contributed by atoms with E-state index in [1.807, 2.05) is 30.6 Å². The molecule has 5 heteroatoms. The Hall–Kier alpha value is -1.98. The lowest BCUT2D eigenvalue weighted by Crippen LogP contribution is -2.23. The first kappa shape index (κ1) is 12.7. The van der Waals surface area contributed by atoms with E-state index in [1.165, 1.54) is 11.3 Å². The molecule has 1 unspecified atom stereocenters. The average Bonchev–Trinajstić information content (AvgIpc) is 2.97. The molecule has 3 aromatic rings. The van der Waals surface area contributed by atoms with Gasteiger partial charge in [0.15, 0.2) is 0 Å². The smallest absolute Gasteiger partial charge is 0.266 e. The highest BCUT2D eigenvalue weighted by atomic mass is 32.1. The van der Waals surface area contributed by atoms with Gasteiger partial charge in [-0.15, -0.1) is 11.3 Å². The van der Waals surface area contributed by atoms with Gasteiger partial charge in [0.25, 0.3) is 5.56 Å². The first-order valence-electron chi connectivity index (χ1n) is 6.90. The molecule has 4 nitrogen and oxygen atoms in total. The van der Waals surface area contributed by atoms with E-state index in [0.717, 1.165) is 38.9 Å². The highest BCUT2D eigenvalue weighted by molar-refractivity contribution is 7.17. The molecule has 1 aliphatic rings. The standard InChI is InChI=1S/C16H14N2O2S/c1-9-8-17-5-2-10(9)14-13-11-4-7-21-15(11)16(19)18-12(13)3-6-20-14/h2,4-5,7-8,14H,3,6H2,1H3,(H,18,19). The average molecular weight is 298 g/mol. The summed E-state index contributed by atoms with van der Waals surface area (Å²) in [4.78, 5) is 19.3. The minimum absolute atomic E-state index is 0.00542. The molecule has 4 rings (SSSR count). The number of thiophene rings is 1. The number of ether oxygens (including phenoxy) is 1. The third-order valence-corrected chi connectivity index (χ3v) is 4.91. The molecule has 0 aromatic carbocycles. The van der Waals surface area contributed by atoms with E-state index in [2.05, 4.69) is 9.97 Å². The Morgan fingerprint density at radius 2 is 2.33 bits per heavy atom. The van der Waals surface area contributed by atoms with Gasteiger partial charge in [0.05, 0.1) is 11.3 Å². The molecule has 0 spiro atoms. The quantitative estimate of drug-likeness (QED) is 0.751. The summed E-state index contributed by atoms with van der Waals surface area (Å²) in [6, 6.07) is 4.02. The second kappa shape index (κ2) is 4.79. The molecule has 0 aliphatic carbocycles. The zero-order chi connectivity index (χ0) is 14.4. The van der Waals surface area contributed by atoms with Crippen LogP contribution >= 0.6 is 11.3 Å². The zero-order valence-electron chi connectivity index (χ0n) is 11.6. The van der Waals surface area contributed by atoms with Crippen LogP contribution < -0.4 is 5.56 Å². The molecular weight excluding hydrogens is 284 g/mol. The number of pyridine rings is 2.